The van der Waals surface area contributed by atoms with Gasteiger partial charge in [-0.05, 0) is 34.3 Å². The van der Waals surface area contributed by atoms with E-state index in [-0.39, 0.29) is 11.8 Å². The smallest absolute Gasteiger partial charge is 0.407 e. The molecule has 1 fully saturated rings. The van der Waals surface area contributed by atoms with E-state index in [0.717, 1.165) is 8.75 Å². The van der Waals surface area contributed by atoms with Gasteiger partial charge in [-0.15, -0.1) is 0 Å². The Labute approximate surface area is 190 Å². The number of hydrogen-bond acceptors (Lipinski definition) is 6. The van der Waals surface area contributed by atoms with Crippen LogP contribution in [0.1, 0.15) is 24.4 Å². The molecule has 3 amide bonds. The number of rotatable bonds is 5. The number of nitrogens with one attached hydrogen (secondary N) is 2. The van der Waals surface area contributed by atoms with Gasteiger partial charge in [0.15, 0.2) is 10.8 Å². The number of anilines is 1. The maximum absolute atomic E-state index is 13.4. The first-order valence-electron chi connectivity index (χ1n) is 9.61. The highest BCUT2D eigenvalue weighted by Gasteiger charge is 2.38. The van der Waals surface area contributed by atoms with E-state index in [1.165, 1.54) is 23.3 Å². The number of fused-ring (bicyclic) bond motifs is 1. The van der Waals surface area contributed by atoms with Gasteiger partial charge in [-0.3, -0.25) is 14.0 Å². The average Bonchev–Trinajstić information content (AvgIpc) is 3.46. The zero-order valence-electron chi connectivity index (χ0n) is 16.6. The Balaban J connectivity index is 1.52. The van der Waals surface area contributed by atoms with E-state index in [1.807, 2.05) is 16.7 Å². The zero-order chi connectivity index (χ0) is 22.0. The van der Waals surface area contributed by atoms with Crippen LogP contribution < -0.4 is 10.6 Å². The van der Waals surface area contributed by atoms with Crippen LogP contribution in [0.3, 0.4) is 0 Å². The van der Waals surface area contributed by atoms with E-state index >= 15 is 0 Å². The van der Waals surface area contributed by atoms with E-state index < -0.39 is 18.2 Å². The van der Waals surface area contributed by atoms with Crippen LogP contribution in [0, 0.1) is 0 Å². The molecule has 0 spiro atoms. The van der Waals surface area contributed by atoms with E-state index in [1.54, 1.807) is 30.5 Å². The summed E-state index contributed by atoms with van der Waals surface area (Å²) in [5, 5.41) is 5.39. The van der Waals surface area contributed by atoms with Crippen molar-refractivity contribution < 1.29 is 19.1 Å². The van der Waals surface area contributed by atoms with Gasteiger partial charge in [-0.1, -0.05) is 41.7 Å². The molecule has 1 aliphatic rings. The summed E-state index contributed by atoms with van der Waals surface area (Å²) < 4.78 is 7.43. The maximum Gasteiger partial charge on any atom is 0.407 e. The van der Waals surface area contributed by atoms with Crippen molar-refractivity contribution in [1.29, 1.82) is 0 Å². The van der Waals surface area contributed by atoms with E-state index in [2.05, 4.69) is 36.3 Å². The van der Waals surface area contributed by atoms with Gasteiger partial charge in [0, 0.05) is 12.7 Å². The predicted molar refractivity (Wildman–Crippen MR) is 119 cm³/mol. The number of imidazole rings is 1. The fourth-order valence-electron chi connectivity index (χ4n) is 3.62. The number of carbonyl (C=O) groups is 3. The molecule has 1 aliphatic heterocycles. The quantitative estimate of drug-likeness (QED) is 0.553. The van der Waals surface area contributed by atoms with Crippen LogP contribution in [-0.2, 0) is 14.3 Å². The van der Waals surface area contributed by atoms with E-state index in [4.69, 9.17) is 0 Å². The number of ether oxygens (including phenoxy) is 1. The van der Waals surface area contributed by atoms with Crippen molar-refractivity contribution in [3.8, 4) is 0 Å². The molecule has 0 saturated carbocycles. The molecular weight excluding hydrogens is 486 g/mol. The largest absolute Gasteiger partial charge is 0.453 e. The Kier molecular flexibility index (Phi) is 6.23. The van der Waals surface area contributed by atoms with Crippen LogP contribution >= 0.6 is 27.3 Å². The highest BCUT2D eigenvalue weighted by Crippen LogP contribution is 2.27. The second-order valence-corrected chi connectivity index (χ2v) is 9.40. The first-order chi connectivity index (χ1) is 15.0. The van der Waals surface area contributed by atoms with Crippen LogP contribution in [0.15, 0.2) is 46.5 Å². The maximum atomic E-state index is 13.4. The Morgan fingerprint density at radius 3 is 2.74 bits per heavy atom. The lowest BCUT2D eigenvalue weighted by Crippen LogP contribution is -2.48. The van der Waals surface area contributed by atoms with Crippen LogP contribution in [0.25, 0.3) is 4.96 Å². The predicted octanol–water partition coefficient (Wildman–Crippen LogP) is 3.19. The molecule has 1 aromatic carbocycles. The third-order valence-electron chi connectivity index (χ3n) is 5.04. The van der Waals surface area contributed by atoms with Gasteiger partial charge in [0.25, 0.3) is 5.91 Å². The van der Waals surface area contributed by atoms with Crippen LogP contribution in [-0.4, -0.2) is 51.9 Å². The van der Waals surface area contributed by atoms with Crippen molar-refractivity contribution in [2.75, 3.05) is 19.0 Å². The fraction of sp³-hybridized carbons (Fsp3) is 0.300. The summed E-state index contributed by atoms with van der Waals surface area (Å²) in [6.07, 6.45) is 4.09. The molecule has 11 heteroatoms. The number of likely N-dealkylation sites (tertiary alicyclic amines) is 1. The Hall–Kier alpha value is -2.92. The molecule has 2 N–H and O–H groups in total. The van der Waals surface area contributed by atoms with Crippen molar-refractivity contribution in [3.05, 3.63) is 52.1 Å². The molecule has 0 radical (unpaired) electrons. The number of benzene rings is 1. The lowest BCUT2D eigenvalue weighted by Gasteiger charge is -2.28. The van der Waals surface area contributed by atoms with Crippen molar-refractivity contribution in [2.45, 2.75) is 24.9 Å². The molecule has 3 aromatic rings. The van der Waals surface area contributed by atoms with Gasteiger partial charge < -0.3 is 20.3 Å². The van der Waals surface area contributed by atoms with Crippen LogP contribution in [0.5, 0.6) is 0 Å². The number of halogens is 1. The minimum Gasteiger partial charge on any atom is -0.453 e. The van der Waals surface area contributed by atoms with E-state index in [0.29, 0.717) is 30.8 Å². The molecule has 1 saturated heterocycles. The standard InChI is InChI=1S/C20H20BrN5O4S/c1-30-20(29)24-16(12-6-3-2-4-7-12)18(28)26-9-5-8-13(26)17(27)22-15-11-25-10-14(21)31-19(25)23-15/h2-4,6-7,10-11,13,16H,5,8-9H2,1H3,(H,22,27)(H,24,29)/t13-,16+/m1/s1. The van der Waals surface area contributed by atoms with E-state index in [9.17, 15) is 14.4 Å². The third kappa shape index (κ3) is 4.57. The van der Waals surface area contributed by atoms with Crippen molar-refractivity contribution in [1.82, 2.24) is 19.6 Å². The van der Waals surface area contributed by atoms with Gasteiger partial charge in [0.1, 0.15) is 12.1 Å². The summed E-state index contributed by atoms with van der Waals surface area (Å²) in [7, 11) is 1.24. The van der Waals surface area contributed by atoms with Crippen molar-refractivity contribution in [3.63, 3.8) is 0 Å². The van der Waals surface area contributed by atoms with Crippen LogP contribution in [0.2, 0.25) is 0 Å². The number of nitrogens with zero attached hydrogens (tertiary/aromatic N) is 3. The molecule has 31 heavy (non-hydrogen) atoms. The minimum atomic E-state index is -0.947. The molecule has 4 rings (SSSR count). The molecule has 0 aliphatic carbocycles. The summed E-state index contributed by atoms with van der Waals surface area (Å²) in [5.74, 6) is -0.236. The van der Waals surface area contributed by atoms with Gasteiger partial charge in [-0.25, -0.2) is 9.78 Å². The Bertz CT molecular complexity index is 1080. The number of aromatic nitrogens is 2. The summed E-state index contributed by atoms with van der Waals surface area (Å²) in [5.41, 5.74) is 0.615. The first kappa shape index (κ1) is 21.3. The average molecular weight is 506 g/mol. The molecule has 0 bridgehead atoms. The van der Waals surface area contributed by atoms with Crippen LogP contribution in [0.4, 0.5) is 10.6 Å². The van der Waals surface area contributed by atoms with Gasteiger partial charge in [0.05, 0.1) is 17.1 Å². The number of carbonyl (C=O) groups excluding carboxylic acids is 3. The Morgan fingerprint density at radius 2 is 2.03 bits per heavy atom. The highest BCUT2D eigenvalue weighted by atomic mass is 79.9. The Morgan fingerprint density at radius 1 is 1.26 bits per heavy atom. The molecule has 3 heterocycles. The fourth-order valence-corrected chi connectivity index (χ4v) is 4.97. The van der Waals surface area contributed by atoms with Crippen molar-refractivity contribution in [2.24, 2.45) is 0 Å². The number of methoxy groups -OCH3 is 1. The second kappa shape index (κ2) is 9.06. The topological polar surface area (TPSA) is 105 Å². The van der Waals surface area contributed by atoms with Crippen molar-refractivity contribution >= 4 is 56.0 Å². The molecule has 2 aromatic heterocycles. The molecule has 9 nitrogen and oxygen atoms in total. The lowest BCUT2D eigenvalue weighted by atomic mass is 10.0. The monoisotopic (exact) mass is 505 g/mol. The summed E-state index contributed by atoms with van der Waals surface area (Å²) >= 11 is 4.85. The SMILES string of the molecule is COC(=O)N[C@H](C(=O)N1CCC[C@@H]1C(=O)Nc1cn2cc(Br)sc2n1)c1ccccc1. The zero-order valence-corrected chi connectivity index (χ0v) is 19.0. The number of thiazole rings is 1. The first-order valence-corrected chi connectivity index (χ1v) is 11.2. The molecule has 0 unspecified atom stereocenters. The lowest BCUT2D eigenvalue weighted by molar-refractivity contribution is -0.138. The summed E-state index contributed by atoms with van der Waals surface area (Å²) in [6, 6.07) is 7.29. The normalized spacial score (nSPS) is 16.8. The number of hydrogen-bond donors (Lipinski definition) is 2. The number of alkyl carbamates (subject to hydrolysis) is 1. The summed E-state index contributed by atoms with van der Waals surface area (Å²) in [4.78, 5) is 44.8. The highest BCUT2D eigenvalue weighted by molar-refractivity contribution is 9.11. The van der Waals surface area contributed by atoms with Gasteiger partial charge in [-0.2, -0.15) is 0 Å². The summed E-state index contributed by atoms with van der Waals surface area (Å²) in [6.45, 7) is 0.425. The molecular formula is C20H20BrN5O4S. The molecule has 162 valence electrons. The third-order valence-corrected chi connectivity index (χ3v) is 6.52. The second-order valence-electron chi connectivity index (χ2n) is 7.01. The van der Waals surface area contributed by atoms with Gasteiger partial charge in [0.2, 0.25) is 5.91 Å². The molecule has 2 atom stereocenters. The van der Waals surface area contributed by atoms with Gasteiger partial charge >= 0.3 is 6.09 Å². The number of amides is 3. The minimum absolute atomic E-state index is 0.305.